The second-order valence-corrected chi connectivity index (χ2v) is 6.75. The minimum Gasteiger partial charge on any atom is -0.497 e. The predicted molar refractivity (Wildman–Crippen MR) is 96.8 cm³/mol. The van der Waals surface area contributed by atoms with Crippen LogP contribution >= 0.6 is 15.9 Å². The van der Waals surface area contributed by atoms with Gasteiger partial charge >= 0.3 is 5.97 Å². The number of hydrogen-bond acceptors (Lipinski definition) is 4. The Morgan fingerprint density at radius 1 is 1.24 bits per heavy atom. The number of aromatic amines is 1. The van der Waals surface area contributed by atoms with E-state index in [-0.39, 0.29) is 18.3 Å². The highest BCUT2D eigenvalue weighted by atomic mass is 79.9. The van der Waals surface area contributed by atoms with Gasteiger partial charge in [-0.25, -0.2) is 0 Å². The van der Waals surface area contributed by atoms with Crippen molar-refractivity contribution in [2.24, 2.45) is 0 Å². The van der Waals surface area contributed by atoms with Crippen LogP contribution in [0.4, 0.5) is 0 Å². The van der Waals surface area contributed by atoms with Crippen LogP contribution in [0.3, 0.4) is 0 Å². The van der Waals surface area contributed by atoms with E-state index in [1.807, 2.05) is 48.5 Å². The zero-order chi connectivity index (χ0) is 17.4. The second kappa shape index (κ2) is 6.37. The lowest BCUT2D eigenvalue weighted by atomic mass is 9.86. The lowest BCUT2D eigenvalue weighted by Gasteiger charge is -2.22. The first-order valence-electron chi connectivity index (χ1n) is 7.84. The van der Waals surface area contributed by atoms with Crippen LogP contribution in [-0.2, 0) is 4.79 Å². The summed E-state index contributed by atoms with van der Waals surface area (Å²) in [5.41, 5.74) is 3.77. The van der Waals surface area contributed by atoms with Gasteiger partial charge in [-0.15, -0.1) is 5.10 Å². The van der Waals surface area contributed by atoms with Crippen molar-refractivity contribution in [3.8, 4) is 22.9 Å². The zero-order valence-electron chi connectivity index (χ0n) is 13.5. The van der Waals surface area contributed by atoms with Crippen LogP contribution in [0, 0.1) is 0 Å². The molecule has 1 aromatic heterocycles. The molecule has 0 saturated carbocycles. The molecule has 25 heavy (non-hydrogen) atoms. The highest BCUT2D eigenvalue weighted by Crippen LogP contribution is 2.43. The van der Waals surface area contributed by atoms with Crippen molar-refractivity contribution in [1.29, 1.82) is 0 Å². The molecule has 0 unspecified atom stereocenters. The molecule has 1 aliphatic heterocycles. The summed E-state index contributed by atoms with van der Waals surface area (Å²) in [4.78, 5) is 12.0. The molecule has 1 N–H and O–H groups in total. The van der Waals surface area contributed by atoms with E-state index in [0.29, 0.717) is 5.88 Å². The molecule has 1 aliphatic rings. The van der Waals surface area contributed by atoms with Gasteiger partial charge in [0.1, 0.15) is 5.75 Å². The van der Waals surface area contributed by atoms with Crippen LogP contribution in [0.5, 0.6) is 11.6 Å². The number of ether oxygens (including phenoxy) is 2. The highest BCUT2D eigenvalue weighted by molar-refractivity contribution is 9.10. The van der Waals surface area contributed by atoms with E-state index in [1.54, 1.807) is 7.11 Å². The molecule has 5 nitrogen and oxygen atoms in total. The number of methoxy groups -OCH3 is 1. The predicted octanol–water partition coefficient (Wildman–Crippen LogP) is 4.29. The van der Waals surface area contributed by atoms with Crippen molar-refractivity contribution in [2.45, 2.75) is 12.3 Å². The molecule has 0 spiro atoms. The monoisotopic (exact) mass is 398 g/mol. The van der Waals surface area contributed by atoms with Gasteiger partial charge in [-0.2, -0.15) is 0 Å². The van der Waals surface area contributed by atoms with Crippen molar-refractivity contribution in [1.82, 2.24) is 10.2 Å². The van der Waals surface area contributed by atoms with E-state index in [4.69, 9.17) is 9.47 Å². The standard InChI is InChI=1S/C19H15BrN2O3/c1-24-14-7-5-11(6-8-14)18-17-15(12-3-2-4-13(20)9-12)10-16(23)25-19(17)22-21-18/h2-9,15H,10H2,1H3,(H,21,22)/t15-/m1/s1. The Labute approximate surface area is 153 Å². The smallest absolute Gasteiger partial charge is 0.313 e. The van der Waals surface area contributed by atoms with Gasteiger partial charge < -0.3 is 9.47 Å². The molecule has 126 valence electrons. The van der Waals surface area contributed by atoms with Crippen molar-refractivity contribution in [2.75, 3.05) is 7.11 Å². The Bertz CT molecular complexity index is 934. The molecule has 1 atom stereocenters. The van der Waals surface area contributed by atoms with Crippen molar-refractivity contribution >= 4 is 21.9 Å². The number of nitrogens with one attached hydrogen (secondary N) is 1. The molecule has 6 heteroatoms. The average molecular weight is 399 g/mol. The number of benzene rings is 2. The first-order valence-corrected chi connectivity index (χ1v) is 8.64. The number of halogens is 1. The summed E-state index contributed by atoms with van der Waals surface area (Å²) >= 11 is 3.50. The third-order valence-corrected chi connectivity index (χ3v) is 4.82. The number of fused-ring (bicyclic) bond motifs is 1. The number of nitrogens with zero attached hydrogens (tertiary/aromatic N) is 1. The first-order chi connectivity index (χ1) is 12.2. The Kier molecular flexibility index (Phi) is 4.05. The Balaban J connectivity index is 1.83. The molecule has 0 aliphatic carbocycles. The van der Waals surface area contributed by atoms with Gasteiger partial charge in [-0.05, 0) is 42.0 Å². The Morgan fingerprint density at radius 3 is 2.76 bits per heavy atom. The SMILES string of the molecule is COc1ccc(-c2[nH]nc3c2[C@@H](c2cccc(Br)c2)CC(=O)O3)cc1. The van der Waals surface area contributed by atoms with Gasteiger partial charge in [0, 0.05) is 16.0 Å². The number of rotatable bonds is 3. The summed E-state index contributed by atoms with van der Waals surface area (Å²) in [6.07, 6.45) is 0.284. The molecule has 0 fully saturated rings. The van der Waals surface area contributed by atoms with E-state index < -0.39 is 0 Å². The van der Waals surface area contributed by atoms with E-state index in [1.165, 1.54) is 0 Å². The van der Waals surface area contributed by atoms with Crippen LogP contribution in [0.25, 0.3) is 11.3 Å². The van der Waals surface area contributed by atoms with Gasteiger partial charge in [0.2, 0.25) is 5.88 Å². The van der Waals surface area contributed by atoms with Gasteiger partial charge in [0.25, 0.3) is 0 Å². The maximum absolute atomic E-state index is 12.0. The lowest BCUT2D eigenvalue weighted by Crippen LogP contribution is -2.20. The Hall–Kier alpha value is -2.60. The van der Waals surface area contributed by atoms with Crippen LogP contribution in [-0.4, -0.2) is 23.3 Å². The second-order valence-electron chi connectivity index (χ2n) is 5.83. The normalized spacial score (nSPS) is 16.2. The Morgan fingerprint density at radius 2 is 2.04 bits per heavy atom. The molecule has 0 radical (unpaired) electrons. The molecule has 0 saturated heterocycles. The maximum atomic E-state index is 12.0. The zero-order valence-corrected chi connectivity index (χ0v) is 15.0. The molecule has 2 heterocycles. The molecule has 0 bridgehead atoms. The number of carbonyl (C=O) groups excluding carboxylic acids is 1. The minimum absolute atomic E-state index is 0.107. The van der Waals surface area contributed by atoms with E-state index >= 15 is 0 Å². The van der Waals surface area contributed by atoms with Crippen LogP contribution in [0.15, 0.2) is 53.0 Å². The topological polar surface area (TPSA) is 64.2 Å². The third kappa shape index (κ3) is 2.93. The van der Waals surface area contributed by atoms with Gasteiger partial charge in [-0.3, -0.25) is 9.89 Å². The summed E-state index contributed by atoms with van der Waals surface area (Å²) in [5.74, 6) is 0.758. The van der Waals surface area contributed by atoms with Crippen molar-refractivity contribution < 1.29 is 14.3 Å². The van der Waals surface area contributed by atoms with Crippen molar-refractivity contribution in [3.63, 3.8) is 0 Å². The van der Waals surface area contributed by atoms with Crippen molar-refractivity contribution in [3.05, 3.63) is 64.1 Å². The highest BCUT2D eigenvalue weighted by Gasteiger charge is 2.33. The fourth-order valence-electron chi connectivity index (χ4n) is 3.14. The molecular formula is C19H15BrN2O3. The number of aromatic nitrogens is 2. The quantitative estimate of drug-likeness (QED) is 0.668. The maximum Gasteiger partial charge on any atom is 0.313 e. The van der Waals surface area contributed by atoms with Gasteiger partial charge in [0.05, 0.1) is 24.8 Å². The molecule has 2 aromatic carbocycles. The lowest BCUT2D eigenvalue weighted by molar-refractivity contribution is -0.135. The van der Waals surface area contributed by atoms with Crippen LogP contribution < -0.4 is 9.47 Å². The summed E-state index contributed by atoms with van der Waals surface area (Å²) in [7, 11) is 1.63. The largest absolute Gasteiger partial charge is 0.497 e. The van der Waals surface area contributed by atoms with E-state index in [0.717, 1.165) is 32.6 Å². The fourth-order valence-corrected chi connectivity index (χ4v) is 3.56. The summed E-state index contributed by atoms with van der Waals surface area (Å²) in [6.45, 7) is 0. The number of esters is 1. The summed E-state index contributed by atoms with van der Waals surface area (Å²) < 4.78 is 11.5. The summed E-state index contributed by atoms with van der Waals surface area (Å²) in [5, 5.41) is 7.24. The average Bonchev–Trinajstić information content (AvgIpc) is 3.04. The first kappa shape index (κ1) is 15.9. The van der Waals surface area contributed by atoms with E-state index in [9.17, 15) is 4.79 Å². The molecular weight excluding hydrogens is 384 g/mol. The summed E-state index contributed by atoms with van der Waals surface area (Å²) in [6, 6.07) is 15.7. The molecule has 4 rings (SSSR count). The van der Waals surface area contributed by atoms with E-state index in [2.05, 4.69) is 26.1 Å². The van der Waals surface area contributed by atoms with Gasteiger partial charge in [0.15, 0.2) is 0 Å². The number of H-pyrrole nitrogens is 1. The number of hydrogen-bond donors (Lipinski definition) is 1. The fraction of sp³-hybridized carbons (Fsp3) is 0.158. The molecule has 3 aromatic rings. The number of carbonyl (C=O) groups is 1. The molecule has 0 amide bonds. The third-order valence-electron chi connectivity index (χ3n) is 4.33. The van der Waals surface area contributed by atoms with Gasteiger partial charge in [-0.1, -0.05) is 28.1 Å². The van der Waals surface area contributed by atoms with Crippen LogP contribution in [0.1, 0.15) is 23.5 Å². The van der Waals surface area contributed by atoms with Crippen LogP contribution in [0.2, 0.25) is 0 Å². The minimum atomic E-state index is -0.273.